The highest BCUT2D eigenvalue weighted by molar-refractivity contribution is 7.13. The van der Waals surface area contributed by atoms with Crippen molar-refractivity contribution in [2.75, 3.05) is 11.9 Å². The maximum atomic E-state index is 13.6. The number of benzene rings is 2. The van der Waals surface area contributed by atoms with Gasteiger partial charge in [0, 0.05) is 16.0 Å². The summed E-state index contributed by atoms with van der Waals surface area (Å²) in [5.41, 5.74) is 0.947. The van der Waals surface area contributed by atoms with Crippen LogP contribution in [-0.2, 0) is 9.53 Å². The lowest BCUT2D eigenvalue weighted by Crippen LogP contribution is -2.21. The van der Waals surface area contributed by atoms with Crippen molar-refractivity contribution in [3.63, 3.8) is 0 Å². The van der Waals surface area contributed by atoms with Gasteiger partial charge in [-0.25, -0.2) is 14.2 Å². The van der Waals surface area contributed by atoms with Crippen LogP contribution in [0.25, 0.3) is 10.6 Å². The van der Waals surface area contributed by atoms with Crippen molar-refractivity contribution in [2.45, 2.75) is 0 Å². The van der Waals surface area contributed by atoms with Crippen LogP contribution in [0.1, 0.15) is 10.5 Å². The van der Waals surface area contributed by atoms with E-state index in [1.165, 1.54) is 23.5 Å². The molecule has 0 aliphatic carbocycles. The van der Waals surface area contributed by atoms with Gasteiger partial charge in [-0.1, -0.05) is 41.9 Å². The Hall–Kier alpha value is -2.77. The Bertz CT molecular complexity index is 947. The summed E-state index contributed by atoms with van der Waals surface area (Å²) in [7, 11) is 0. The van der Waals surface area contributed by atoms with Crippen LogP contribution in [0.15, 0.2) is 53.9 Å². The average Bonchev–Trinajstić information content (AvgIpc) is 3.13. The zero-order chi connectivity index (χ0) is 18.5. The summed E-state index contributed by atoms with van der Waals surface area (Å²) in [4.78, 5) is 28.0. The zero-order valence-corrected chi connectivity index (χ0v) is 14.8. The number of ether oxygens (including phenoxy) is 1. The van der Waals surface area contributed by atoms with Gasteiger partial charge in [0.25, 0.3) is 5.91 Å². The average molecular weight is 391 g/mol. The third kappa shape index (κ3) is 4.44. The predicted molar refractivity (Wildman–Crippen MR) is 97.9 cm³/mol. The van der Waals surface area contributed by atoms with Crippen LogP contribution in [0.2, 0.25) is 5.02 Å². The molecule has 0 radical (unpaired) electrons. The fourth-order valence-electron chi connectivity index (χ4n) is 2.06. The van der Waals surface area contributed by atoms with Gasteiger partial charge in [-0.05, 0) is 18.2 Å². The number of carbonyl (C=O) groups is 2. The first-order valence-electron chi connectivity index (χ1n) is 7.46. The molecule has 26 heavy (non-hydrogen) atoms. The summed E-state index contributed by atoms with van der Waals surface area (Å²) < 4.78 is 18.5. The second-order valence-corrected chi connectivity index (χ2v) is 6.45. The molecule has 1 aromatic heterocycles. The largest absolute Gasteiger partial charge is 0.451 e. The van der Waals surface area contributed by atoms with Gasteiger partial charge in [0.1, 0.15) is 10.8 Å². The molecule has 1 amide bonds. The molecule has 1 heterocycles. The maximum Gasteiger partial charge on any atom is 0.358 e. The molecular weight excluding hydrogens is 379 g/mol. The number of hydrogen-bond acceptors (Lipinski definition) is 5. The Labute approximate surface area is 157 Å². The molecule has 5 nitrogen and oxygen atoms in total. The van der Waals surface area contributed by atoms with E-state index in [0.717, 1.165) is 11.6 Å². The molecule has 0 aliphatic rings. The van der Waals surface area contributed by atoms with Gasteiger partial charge in [-0.15, -0.1) is 11.3 Å². The lowest BCUT2D eigenvalue weighted by atomic mass is 10.2. The first-order valence-corrected chi connectivity index (χ1v) is 8.71. The van der Waals surface area contributed by atoms with Crippen molar-refractivity contribution in [1.29, 1.82) is 0 Å². The van der Waals surface area contributed by atoms with Crippen LogP contribution in [0.5, 0.6) is 0 Å². The predicted octanol–water partition coefficient (Wildman–Crippen LogP) is 4.40. The number of amides is 1. The molecule has 132 valence electrons. The normalized spacial score (nSPS) is 10.4. The molecule has 0 spiro atoms. The van der Waals surface area contributed by atoms with Gasteiger partial charge in [-0.2, -0.15) is 0 Å². The first-order chi connectivity index (χ1) is 12.5. The highest BCUT2D eigenvalue weighted by Gasteiger charge is 2.15. The van der Waals surface area contributed by atoms with E-state index in [9.17, 15) is 14.0 Å². The third-order valence-corrected chi connectivity index (χ3v) is 4.40. The molecule has 0 saturated heterocycles. The second kappa shape index (κ2) is 8.07. The standard InChI is InChI=1S/C18H12ClFN2O3S/c19-12-6-7-14(13(20)8-12)21-16(23)9-25-18(24)15-10-26-17(22-15)11-4-2-1-3-5-11/h1-8,10H,9H2,(H,21,23). The van der Waals surface area contributed by atoms with Crippen LogP contribution in [0.4, 0.5) is 10.1 Å². The van der Waals surface area contributed by atoms with Gasteiger partial charge in [-0.3, -0.25) is 4.79 Å². The van der Waals surface area contributed by atoms with E-state index in [4.69, 9.17) is 16.3 Å². The number of anilines is 1. The molecule has 8 heteroatoms. The van der Waals surface area contributed by atoms with E-state index in [0.29, 0.717) is 5.01 Å². The number of halogens is 2. The van der Waals surface area contributed by atoms with Crippen LogP contribution in [-0.4, -0.2) is 23.5 Å². The molecule has 0 bridgehead atoms. The van der Waals surface area contributed by atoms with Crippen molar-refractivity contribution in [2.24, 2.45) is 0 Å². The van der Waals surface area contributed by atoms with E-state index >= 15 is 0 Å². The molecular formula is C18H12ClFN2O3S. The topological polar surface area (TPSA) is 68.3 Å². The SMILES string of the molecule is O=C(COC(=O)c1csc(-c2ccccc2)n1)Nc1ccc(Cl)cc1F. The molecule has 1 N–H and O–H groups in total. The van der Waals surface area contributed by atoms with Gasteiger partial charge in [0.05, 0.1) is 5.69 Å². The Morgan fingerprint density at radius 1 is 1.19 bits per heavy atom. The highest BCUT2D eigenvalue weighted by atomic mass is 35.5. The molecule has 3 aromatic rings. The van der Waals surface area contributed by atoms with Crippen molar-refractivity contribution in [3.8, 4) is 10.6 Å². The Kier molecular flexibility index (Phi) is 5.60. The Morgan fingerprint density at radius 2 is 1.96 bits per heavy atom. The van der Waals surface area contributed by atoms with Gasteiger partial charge in [0.15, 0.2) is 12.3 Å². The molecule has 0 unspecified atom stereocenters. The van der Waals surface area contributed by atoms with Crippen molar-refractivity contribution >= 4 is 40.5 Å². The summed E-state index contributed by atoms with van der Waals surface area (Å²) >= 11 is 6.94. The Morgan fingerprint density at radius 3 is 2.69 bits per heavy atom. The van der Waals surface area contributed by atoms with E-state index in [1.807, 2.05) is 30.3 Å². The lowest BCUT2D eigenvalue weighted by Gasteiger charge is -2.07. The highest BCUT2D eigenvalue weighted by Crippen LogP contribution is 2.23. The number of rotatable bonds is 5. The molecule has 2 aromatic carbocycles. The summed E-state index contributed by atoms with van der Waals surface area (Å²) in [6, 6.07) is 13.2. The molecule has 3 rings (SSSR count). The van der Waals surface area contributed by atoms with Gasteiger partial charge < -0.3 is 10.1 Å². The minimum atomic E-state index is -0.727. The van der Waals surface area contributed by atoms with Gasteiger partial charge in [0.2, 0.25) is 0 Å². The number of nitrogens with zero attached hydrogens (tertiary/aromatic N) is 1. The van der Waals surface area contributed by atoms with E-state index in [-0.39, 0.29) is 16.4 Å². The third-order valence-electron chi connectivity index (χ3n) is 3.27. The van der Waals surface area contributed by atoms with Crippen LogP contribution < -0.4 is 5.32 Å². The summed E-state index contributed by atoms with van der Waals surface area (Å²) in [6.45, 7) is -0.556. The summed E-state index contributed by atoms with van der Waals surface area (Å²) in [5, 5.41) is 4.75. The first kappa shape index (κ1) is 18.0. The van der Waals surface area contributed by atoms with Crippen molar-refractivity contribution in [1.82, 2.24) is 4.98 Å². The summed E-state index contributed by atoms with van der Waals surface area (Å²) in [6.07, 6.45) is 0. The number of esters is 1. The van der Waals surface area contributed by atoms with Crippen LogP contribution in [0, 0.1) is 5.82 Å². The minimum absolute atomic E-state index is 0.0459. The number of carbonyl (C=O) groups excluding carboxylic acids is 2. The lowest BCUT2D eigenvalue weighted by molar-refractivity contribution is -0.119. The smallest absolute Gasteiger partial charge is 0.358 e. The van der Waals surface area contributed by atoms with E-state index < -0.39 is 24.3 Å². The molecule has 0 fully saturated rings. The molecule has 0 atom stereocenters. The number of aromatic nitrogens is 1. The molecule has 0 saturated carbocycles. The number of nitrogens with one attached hydrogen (secondary N) is 1. The van der Waals surface area contributed by atoms with Crippen molar-refractivity contribution in [3.05, 3.63) is 70.4 Å². The van der Waals surface area contributed by atoms with Crippen LogP contribution >= 0.6 is 22.9 Å². The Balaban J connectivity index is 1.57. The minimum Gasteiger partial charge on any atom is -0.451 e. The van der Waals surface area contributed by atoms with E-state index in [2.05, 4.69) is 10.3 Å². The monoisotopic (exact) mass is 390 g/mol. The van der Waals surface area contributed by atoms with Gasteiger partial charge >= 0.3 is 5.97 Å². The van der Waals surface area contributed by atoms with Crippen molar-refractivity contribution < 1.29 is 18.7 Å². The van der Waals surface area contributed by atoms with E-state index in [1.54, 1.807) is 5.38 Å². The quantitative estimate of drug-likeness (QED) is 0.656. The number of thiazole rings is 1. The zero-order valence-electron chi connectivity index (χ0n) is 13.2. The summed E-state index contributed by atoms with van der Waals surface area (Å²) in [5.74, 6) is -2.07. The second-order valence-electron chi connectivity index (χ2n) is 5.15. The maximum absolute atomic E-state index is 13.6. The number of hydrogen-bond donors (Lipinski definition) is 1. The fraction of sp³-hybridized carbons (Fsp3) is 0.0556. The van der Waals surface area contributed by atoms with Crippen LogP contribution in [0.3, 0.4) is 0 Å². The fourth-order valence-corrected chi connectivity index (χ4v) is 3.02. The molecule has 0 aliphatic heterocycles.